The van der Waals surface area contributed by atoms with E-state index in [4.69, 9.17) is 41.9 Å². The molecule has 0 aliphatic heterocycles. The average molecular weight is 531 g/mol. The topological polar surface area (TPSA) is 142 Å². The van der Waals surface area contributed by atoms with E-state index >= 15 is 0 Å². The van der Waals surface area contributed by atoms with Gasteiger partial charge in [-0.2, -0.15) is 0 Å². The molecule has 0 atom stereocenters. The first-order chi connectivity index (χ1) is 18.4. The molecule has 1 fully saturated rings. The number of aromatic nitrogens is 4. The molecule has 2 aromatic carbocycles. The lowest BCUT2D eigenvalue weighted by Gasteiger charge is -2.20. The Morgan fingerprint density at radius 3 is 2.53 bits per heavy atom. The van der Waals surface area contributed by atoms with Crippen molar-refractivity contribution in [1.82, 2.24) is 19.4 Å². The molecule has 5 N–H and O–H groups in total. The van der Waals surface area contributed by atoms with E-state index in [0.29, 0.717) is 22.6 Å². The van der Waals surface area contributed by atoms with Gasteiger partial charge < -0.3 is 21.3 Å². The number of nitrogen functional groups attached to an aromatic ring is 1. The van der Waals surface area contributed by atoms with Crippen LogP contribution in [0.2, 0.25) is 5.02 Å². The standard InChI is InChI=1S/C27H24ClN5O.CH3NO2/c28-21-15-18-11-12-23(34-19-9-5-2-6-10-19)31-22(18)16-20(21)24-25-26(29)30-13-14-33(25)27(32-24)17-7-3-1-4-8-17;2-1(3)4/h2,5-6,9-17H,1,3-4,7-8H2,(H2,29,30);2H2,(H,3,4). The minimum absolute atomic E-state index is 0.403. The minimum atomic E-state index is -1.33. The molecule has 0 unspecified atom stereocenters. The number of primary amides is 1. The monoisotopic (exact) mass is 530 g/mol. The summed E-state index contributed by atoms with van der Waals surface area (Å²) < 4.78 is 8.04. The van der Waals surface area contributed by atoms with Crippen LogP contribution in [-0.2, 0) is 0 Å². The van der Waals surface area contributed by atoms with Crippen LogP contribution in [0.25, 0.3) is 27.7 Å². The number of nitrogens with zero attached hydrogens (tertiary/aromatic N) is 4. The van der Waals surface area contributed by atoms with Gasteiger partial charge in [-0.25, -0.2) is 19.7 Å². The fourth-order valence-electron chi connectivity index (χ4n) is 4.90. The molecule has 1 saturated carbocycles. The van der Waals surface area contributed by atoms with Gasteiger partial charge >= 0.3 is 6.09 Å². The number of carboxylic acid groups (broad SMARTS) is 1. The van der Waals surface area contributed by atoms with Crippen LogP contribution in [0.4, 0.5) is 10.6 Å². The highest BCUT2D eigenvalue weighted by atomic mass is 35.5. The number of fused-ring (bicyclic) bond motifs is 2. The maximum Gasteiger partial charge on any atom is 0.402 e. The van der Waals surface area contributed by atoms with Crippen molar-refractivity contribution in [2.24, 2.45) is 5.73 Å². The Morgan fingerprint density at radius 1 is 1.05 bits per heavy atom. The third-order valence-electron chi connectivity index (χ3n) is 6.55. The smallest absolute Gasteiger partial charge is 0.402 e. The Balaban J connectivity index is 0.000000689. The molecule has 1 aliphatic carbocycles. The van der Waals surface area contributed by atoms with Gasteiger partial charge in [0.25, 0.3) is 0 Å². The number of carbonyl (C=O) groups is 1. The van der Waals surface area contributed by atoms with Crippen molar-refractivity contribution >= 4 is 39.9 Å². The Morgan fingerprint density at radius 2 is 1.79 bits per heavy atom. The van der Waals surface area contributed by atoms with Gasteiger partial charge in [-0.15, -0.1) is 0 Å². The van der Waals surface area contributed by atoms with Gasteiger partial charge in [0.05, 0.1) is 10.5 Å². The molecule has 5 aromatic rings. The first kappa shape index (κ1) is 25.3. The molecule has 10 heteroatoms. The van der Waals surface area contributed by atoms with Crippen molar-refractivity contribution in [3.8, 4) is 22.9 Å². The number of pyridine rings is 1. The number of rotatable bonds is 4. The highest BCUT2D eigenvalue weighted by Gasteiger charge is 2.25. The van der Waals surface area contributed by atoms with Crippen LogP contribution in [0.3, 0.4) is 0 Å². The van der Waals surface area contributed by atoms with Crippen LogP contribution in [0.5, 0.6) is 11.6 Å². The van der Waals surface area contributed by atoms with Crippen molar-refractivity contribution in [3.05, 3.63) is 77.8 Å². The molecule has 9 nitrogen and oxygen atoms in total. The summed E-state index contributed by atoms with van der Waals surface area (Å²) >= 11 is 6.79. The molecule has 0 bridgehead atoms. The highest BCUT2D eigenvalue weighted by molar-refractivity contribution is 6.34. The summed E-state index contributed by atoms with van der Waals surface area (Å²) in [5, 5.41) is 8.72. The number of hydrogen-bond acceptors (Lipinski definition) is 6. The fraction of sp³-hybridized carbons (Fsp3) is 0.214. The van der Waals surface area contributed by atoms with Crippen LogP contribution in [0, 0.1) is 0 Å². The van der Waals surface area contributed by atoms with Gasteiger partial charge in [0, 0.05) is 35.3 Å². The molecule has 1 aliphatic rings. The van der Waals surface area contributed by atoms with Crippen LogP contribution in [0.1, 0.15) is 43.8 Å². The van der Waals surface area contributed by atoms with E-state index < -0.39 is 6.09 Å². The number of para-hydroxylation sites is 1. The summed E-state index contributed by atoms with van der Waals surface area (Å²) in [5.41, 5.74) is 13.5. The minimum Gasteiger partial charge on any atom is -0.465 e. The predicted molar refractivity (Wildman–Crippen MR) is 148 cm³/mol. The van der Waals surface area contributed by atoms with Gasteiger partial charge in [0.2, 0.25) is 5.88 Å². The van der Waals surface area contributed by atoms with Gasteiger partial charge in [0.15, 0.2) is 0 Å². The quantitative estimate of drug-likeness (QED) is 0.236. The highest BCUT2D eigenvalue weighted by Crippen LogP contribution is 2.39. The van der Waals surface area contributed by atoms with Crippen LogP contribution >= 0.6 is 11.6 Å². The van der Waals surface area contributed by atoms with E-state index in [0.717, 1.165) is 52.1 Å². The SMILES string of the molecule is NC(=O)O.Nc1nccn2c(C3CCCCC3)nc(-c3cc4nc(Oc5ccccc5)ccc4cc3Cl)c12. The molecule has 194 valence electrons. The van der Waals surface area contributed by atoms with E-state index in [2.05, 4.69) is 15.1 Å². The van der Waals surface area contributed by atoms with Crippen molar-refractivity contribution in [2.75, 3.05) is 5.73 Å². The normalized spacial score (nSPS) is 13.7. The largest absolute Gasteiger partial charge is 0.465 e. The van der Waals surface area contributed by atoms with Crippen LogP contribution in [-0.4, -0.2) is 30.6 Å². The summed E-state index contributed by atoms with van der Waals surface area (Å²) in [7, 11) is 0. The second-order valence-corrected chi connectivity index (χ2v) is 9.52. The second-order valence-electron chi connectivity index (χ2n) is 9.11. The van der Waals surface area contributed by atoms with Crippen LogP contribution in [0.15, 0.2) is 67.0 Å². The molecule has 0 saturated heterocycles. The number of hydrogen-bond donors (Lipinski definition) is 3. The number of nitrogens with two attached hydrogens (primary N) is 2. The van der Waals surface area contributed by atoms with Crippen molar-refractivity contribution in [1.29, 1.82) is 0 Å². The second kappa shape index (κ2) is 10.9. The zero-order chi connectivity index (χ0) is 26.6. The van der Waals surface area contributed by atoms with Gasteiger partial charge in [0.1, 0.15) is 28.6 Å². The van der Waals surface area contributed by atoms with Gasteiger partial charge in [-0.3, -0.25) is 4.40 Å². The van der Waals surface area contributed by atoms with E-state index in [1.54, 1.807) is 6.20 Å². The van der Waals surface area contributed by atoms with Crippen LogP contribution < -0.4 is 16.2 Å². The Bertz CT molecular complexity index is 1600. The Hall–Kier alpha value is -4.37. The number of imidazole rings is 1. The van der Waals surface area contributed by atoms with E-state index in [-0.39, 0.29) is 0 Å². The maximum absolute atomic E-state index is 8.78. The molecular weight excluding hydrogens is 504 g/mol. The summed E-state index contributed by atoms with van der Waals surface area (Å²) in [6.07, 6.45) is 8.34. The Labute approximate surface area is 224 Å². The lowest BCUT2D eigenvalue weighted by atomic mass is 9.89. The first-order valence-corrected chi connectivity index (χ1v) is 12.7. The predicted octanol–water partition coefficient (Wildman–Crippen LogP) is 6.64. The van der Waals surface area contributed by atoms with E-state index in [1.807, 2.05) is 60.8 Å². The lowest BCUT2D eigenvalue weighted by molar-refractivity contribution is 0.205. The zero-order valence-corrected chi connectivity index (χ0v) is 21.3. The summed E-state index contributed by atoms with van der Waals surface area (Å²) in [5.74, 6) is 3.13. The number of amides is 1. The molecule has 3 heterocycles. The number of halogens is 1. The molecule has 0 radical (unpaired) electrons. The molecule has 0 spiro atoms. The summed E-state index contributed by atoms with van der Waals surface area (Å²) in [6, 6.07) is 17.3. The third-order valence-corrected chi connectivity index (χ3v) is 6.87. The third kappa shape index (κ3) is 5.33. The number of benzene rings is 2. The number of ether oxygens (including phenoxy) is 1. The fourth-order valence-corrected chi connectivity index (χ4v) is 5.16. The Kier molecular flexibility index (Phi) is 7.28. The van der Waals surface area contributed by atoms with Gasteiger partial charge in [-0.1, -0.05) is 49.1 Å². The molecular formula is C28H27ClN6O3. The van der Waals surface area contributed by atoms with E-state index in [1.165, 1.54) is 19.3 Å². The van der Waals surface area contributed by atoms with Crippen molar-refractivity contribution in [3.63, 3.8) is 0 Å². The molecule has 38 heavy (non-hydrogen) atoms. The van der Waals surface area contributed by atoms with Crippen molar-refractivity contribution < 1.29 is 14.6 Å². The maximum atomic E-state index is 8.78. The lowest BCUT2D eigenvalue weighted by Crippen LogP contribution is -2.09. The summed E-state index contributed by atoms with van der Waals surface area (Å²) in [4.78, 5) is 23.0. The molecule has 1 amide bonds. The number of anilines is 1. The summed E-state index contributed by atoms with van der Waals surface area (Å²) in [6.45, 7) is 0. The van der Waals surface area contributed by atoms with E-state index in [9.17, 15) is 0 Å². The van der Waals surface area contributed by atoms with Gasteiger partial charge in [-0.05, 0) is 43.2 Å². The average Bonchev–Trinajstić information content (AvgIpc) is 3.30. The molecule has 3 aromatic heterocycles. The van der Waals surface area contributed by atoms with Crippen molar-refractivity contribution in [2.45, 2.75) is 38.0 Å². The molecule has 6 rings (SSSR count). The zero-order valence-electron chi connectivity index (χ0n) is 20.5. The first-order valence-electron chi connectivity index (χ1n) is 12.3.